The summed E-state index contributed by atoms with van der Waals surface area (Å²) in [5.74, 6) is -0.657. The number of hydrazine groups is 1. The maximum absolute atomic E-state index is 12.8. The van der Waals surface area contributed by atoms with Gasteiger partial charge in [-0.3, -0.25) is 19.9 Å². The molecule has 0 unspecified atom stereocenters. The first kappa shape index (κ1) is 23.6. The van der Waals surface area contributed by atoms with Crippen LogP contribution in [-0.2, 0) is 14.3 Å². The van der Waals surface area contributed by atoms with Crippen LogP contribution in [-0.4, -0.2) is 57.6 Å². The van der Waals surface area contributed by atoms with Gasteiger partial charge in [-0.15, -0.1) is 0 Å². The molecule has 2 N–H and O–H groups in total. The third-order valence-electron chi connectivity index (χ3n) is 4.63. The SMILES string of the molecule is Cc1cc(NC(=O)C(=O)N2C[C@H](C)CCN2C(C)C)cnc1NC(=O)OC(C)(C)C. The van der Waals surface area contributed by atoms with Gasteiger partial charge in [-0.25, -0.2) is 14.8 Å². The fraction of sp³-hybridized carbons (Fsp3) is 0.619. The van der Waals surface area contributed by atoms with Gasteiger partial charge in [0.05, 0.1) is 11.9 Å². The number of anilines is 2. The molecule has 1 aromatic rings. The second kappa shape index (κ2) is 9.42. The van der Waals surface area contributed by atoms with E-state index in [4.69, 9.17) is 4.74 Å². The lowest BCUT2D eigenvalue weighted by molar-refractivity contribution is -0.165. The minimum Gasteiger partial charge on any atom is -0.444 e. The van der Waals surface area contributed by atoms with Gasteiger partial charge in [-0.05, 0) is 65.5 Å². The first-order valence-corrected chi connectivity index (χ1v) is 10.2. The average molecular weight is 420 g/mol. The van der Waals surface area contributed by atoms with Gasteiger partial charge >= 0.3 is 17.9 Å². The Balaban J connectivity index is 2.05. The van der Waals surface area contributed by atoms with Crippen molar-refractivity contribution in [3.05, 3.63) is 17.8 Å². The van der Waals surface area contributed by atoms with Gasteiger partial charge in [-0.2, -0.15) is 0 Å². The monoisotopic (exact) mass is 419 g/mol. The van der Waals surface area contributed by atoms with E-state index in [9.17, 15) is 14.4 Å². The largest absolute Gasteiger partial charge is 0.444 e. The highest BCUT2D eigenvalue weighted by Crippen LogP contribution is 2.21. The van der Waals surface area contributed by atoms with Crippen LogP contribution in [0.3, 0.4) is 0 Å². The molecule has 9 heteroatoms. The third kappa shape index (κ3) is 6.41. The van der Waals surface area contributed by atoms with E-state index >= 15 is 0 Å². The molecule has 0 spiro atoms. The van der Waals surface area contributed by atoms with Crippen molar-refractivity contribution in [2.75, 3.05) is 23.7 Å². The van der Waals surface area contributed by atoms with Crippen molar-refractivity contribution in [3.8, 4) is 0 Å². The number of hydrogen-bond acceptors (Lipinski definition) is 6. The fourth-order valence-corrected chi connectivity index (χ4v) is 3.18. The van der Waals surface area contributed by atoms with Gasteiger partial charge in [-0.1, -0.05) is 6.92 Å². The van der Waals surface area contributed by atoms with Crippen LogP contribution in [0.2, 0.25) is 0 Å². The molecule has 1 aliphatic heterocycles. The number of carbonyl (C=O) groups excluding carboxylic acids is 3. The lowest BCUT2D eigenvalue weighted by Gasteiger charge is -2.43. The predicted octanol–water partition coefficient (Wildman–Crippen LogP) is 3.17. The number of carbonyl (C=O) groups is 3. The summed E-state index contributed by atoms with van der Waals surface area (Å²) < 4.78 is 5.21. The zero-order chi connectivity index (χ0) is 22.6. The topological polar surface area (TPSA) is 104 Å². The third-order valence-corrected chi connectivity index (χ3v) is 4.63. The lowest BCUT2D eigenvalue weighted by atomic mass is 10.0. The minimum absolute atomic E-state index is 0.122. The van der Waals surface area contributed by atoms with Gasteiger partial charge in [0.2, 0.25) is 0 Å². The molecule has 0 aliphatic carbocycles. The van der Waals surface area contributed by atoms with E-state index in [1.165, 1.54) is 11.2 Å². The number of rotatable bonds is 3. The van der Waals surface area contributed by atoms with Crippen LogP contribution in [0.15, 0.2) is 12.3 Å². The molecule has 30 heavy (non-hydrogen) atoms. The zero-order valence-corrected chi connectivity index (χ0v) is 18.9. The number of amides is 3. The highest BCUT2D eigenvalue weighted by molar-refractivity contribution is 6.39. The quantitative estimate of drug-likeness (QED) is 0.730. The van der Waals surface area contributed by atoms with Crippen LogP contribution in [0.1, 0.15) is 53.5 Å². The van der Waals surface area contributed by atoms with Crippen molar-refractivity contribution in [2.45, 2.75) is 66.5 Å². The second-order valence-electron chi connectivity index (χ2n) is 9.01. The van der Waals surface area contributed by atoms with Gasteiger partial charge in [0.25, 0.3) is 0 Å². The molecule has 0 saturated carbocycles. The molecule has 1 saturated heterocycles. The summed E-state index contributed by atoms with van der Waals surface area (Å²) in [7, 11) is 0. The minimum atomic E-state index is -0.719. The van der Waals surface area contributed by atoms with Gasteiger partial charge in [0.1, 0.15) is 11.4 Å². The number of aryl methyl sites for hydroxylation is 1. The number of nitrogens with zero attached hydrogens (tertiary/aromatic N) is 3. The average Bonchev–Trinajstić information content (AvgIpc) is 2.61. The molecule has 1 fully saturated rings. The first-order valence-electron chi connectivity index (χ1n) is 10.2. The lowest BCUT2D eigenvalue weighted by Crippen LogP contribution is -2.57. The maximum atomic E-state index is 12.8. The Hall–Kier alpha value is -2.68. The van der Waals surface area contributed by atoms with Crippen LogP contribution in [0.5, 0.6) is 0 Å². The number of pyridine rings is 1. The molecule has 0 aromatic carbocycles. The van der Waals surface area contributed by atoms with E-state index in [1.54, 1.807) is 33.8 Å². The van der Waals surface area contributed by atoms with Gasteiger partial charge in [0.15, 0.2) is 0 Å². The van der Waals surface area contributed by atoms with Crippen LogP contribution >= 0.6 is 0 Å². The van der Waals surface area contributed by atoms with Gasteiger partial charge in [0, 0.05) is 19.1 Å². The Labute approximate surface area is 178 Å². The summed E-state index contributed by atoms with van der Waals surface area (Å²) in [6.07, 6.45) is 1.76. The Morgan fingerprint density at radius 2 is 1.90 bits per heavy atom. The molecule has 1 atom stereocenters. The van der Waals surface area contributed by atoms with E-state index in [2.05, 4.69) is 22.5 Å². The van der Waals surface area contributed by atoms with Crippen LogP contribution < -0.4 is 10.6 Å². The summed E-state index contributed by atoms with van der Waals surface area (Å²) in [6, 6.07) is 1.76. The van der Waals surface area contributed by atoms with Crippen LogP contribution in [0, 0.1) is 12.8 Å². The van der Waals surface area contributed by atoms with E-state index < -0.39 is 23.5 Å². The number of aromatic nitrogens is 1. The Kier molecular flexibility index (Phi) is 7.41. The smallest absolute Gasteiger partial charge is 0.413 e. The molecule has 1 aromatic heterocycles. The molecule has 166 valence electrons. The van der Waals surface area contributed by atoms with Crippen LogP contribution in [0.4, 0.5) is 16.3 Å². The first-order chi connectivity index (χ1) is 13.9. The number of ether oxygens (including phenoxy) is 1. The Morgan fingerprint density at radius 3 is 2.47 bits per heavy atom. The molecule has 9 nitrogen and oxygen atoms in total. The normalized spacial score (nSPS) is 17.6. The second-order valence-corrected chi connectivity index (χ2v) is 9.01. The van der Waals surface area contributed by atoms with Crippen molar-refractivity contribution >= 4 is 29.4 Å². The molecular formula is C21H33N5O4. The molecular weight excluding hydrogens is 386 g/mol. The van der Waals surface area contributed by atoms with Gasteiger partial charge < -0.3 is 10.1 Å². The summed E-state index contributed by atoms with van der Waals surface area (Å²) in [5.41, 5.74) is 0.380. The zero-order valence-electron chi connectivity index (χ0n) is 18.9. The molecule has 0 bridgehead atoms. The highest BCUT2D eigenvalue weighted by Gasteiger charge is 2.33. The van der Waals surface area contributed by atoms with Crippen molar-refractivity contribution in [3.63, 3.8) is 0 Å². The molecule has 2 rings (SSSR count). The summed E-state index contributed by atoms with van der Waals surface area (Å²) in [6.45, 7) is 14.4. The van der Waals surface area contributed by atoms with E-state index in [1.807, 2.05) is 18.9 Å². The summed E-state index contributed by atoms with van der Waals surface area (Å²) >= 11 is 0. The highest BCUT2D eigenvalue weighted by atomic mass is 16.6. The van der Waals surface area contributed by atoms with Crippen molar-refractivity contribution in [1.29, 1.82) is 0 Å². The molecule has 3 amide bonds. The summed E-state index contributed by atoms with van der Waals surface area (Å²) in [4.78, 5) is 41.4. The van der Waals surface area contributed by atoms with Crippen LogP contribution in [0.25, 0.3) is 0 Å². The number of nitrogens with one attached hydrogen (secondary N) is 2. The molecule has 1 aliphatic rings. The molecule has 2 heterocycles. The van der Waals surface area contributed by atoms with E-state index in [-0.39, 0.29) is 6.04 Å². The summed E-state index contributed by atoms with van der Waals surface area (Å²) in [5, 5.41) is 8.65. The van der Waals surface area contributed by atoms with Crippen molar-refractivity contribution in [1.82, 2.24) is 15.0 Å². The fourth-order valence-electron chi connectivity index (χ4n) is 3.18. The van der Waals surface area contributed by atoms with Crippen molar-refractivity contribution < 1.29 is 19.1 Å². The van der Waals surface area contributed by atoms with E-state index in [0.717, 1.165) is 13.0 Å². The number of hydrogen-bond donors (Lipinski definition) is 2. The van der Waals surface area contributed by atoms with E-state index in [0.29, 0.717) is 29.5 Å². The Bertz CT molecular complexity index is 803. The Morgan fingerprint density at radius 1 is 1.23 bits per heavy atom. The van der Waals surface area contributed by atoms with Crippen molar-refractivity contribution in [2.24, 2.45) is 5.92 Å². The maximum Gasteiger partial charge on any atom is 0.413 e. The molecule has 0 radical (unpaired) electrons. The standard InChI is InChI=1S/C21H33N5O4/c1-13(2)25-9-8-14(3)12-26(25)19(28)18(27)23-16-10-15(4)17(22-11-16)24-20(29)30-21(5,6)7/h10-11,13-14H,8-9,12H2,1-7H3,(H,23,27)(H,22,24,29)/t14-/m1/s1. The predicted molar refractivity (Wildman–Crippen MR) is 115 cm³/mol.